The Morgan fingerprint density at radius 3 is 2.72 bits per heavy atom. The van der Waals surface area contributed by atoms with Gasteiger partial charge in [-0.2, -0.15) is 0 Å². The smallest absolute Gasteiger partial charge is 0.338 e. The SMILES string of the molecule is CCCCOc1cccc(C(=O)Nc2nc3ccc(C(=O)OC(C)C)cc3s2)c1. The van der Waals surface area contributed by atoms with Gasteiger partial charge in [-0.25, -0.2) is 9.78 Å². The summed E-state index contributed by atoms with van der Waals surface area (Å²) in [5.41, 5.74) is 1.67. The average molecular weight is 413 g/mol. The molecule has 0 bridgehead atoms. The zero-order chi connectivity index (χ0) is 20.8. The molecule has 0 spiro atoms. The highest BCUT2D eigenvalue weighted by Gasteiger charge is 2.14. The second-order valence-corrected chi connectivity index (χ2v) is 7.87. The highest BCUT2D eigenvalue weighted by molar-refractivity contribution is 7.22. The number of esters is 1. The monoisotopic (exact) mass is 412 g/mol. The summed E-state index contributed by atoms with van der Waals surface area (Å²) in [5.74, 6) is 0.0360. The van der Waals surface area contributed by atoms with Gasteiger partial charge in [-0.15, -0.1) is 0 Å². The van der Waals surface area contributed by atoms with Crippen LogP contribution in [0.25, 0.3) is 10.2 Å². The van der Waals surface area contributed by atoms with Crippen LogP contribution in [-0.2, 0) is 4.74 Å². The summed E-state index contributed by atoms with van der Waals surface area (Å²) in [6.07, 6.45) is 1.83. The molecular weight excluding hydrogens is 388 g/mol. The second-order valence-electron chi connectivity index (χ2n) is 6.84. The van der Waals surface area contributed by atoms with Crippen LogP contribution < -0.4 is 10.1 Å². The van der Waals surface area contributed by atoms with E-state index in [1.54, 1.807) is 50.2 Å². The number of nitrogens with zero attached hydrogens (tertiary/aromatic N) is 1. The molecule has 6 nitrogen and oxygen atoms in total. The Morgan fingerprint density at radius 2 is 1.97 bits per heavy atom. The van der Waals surface area contributed by atoms with Crippen molar-refractivity contribution >= 4 is 38.6 Å². The number of nitrogens with one attached hydrogen (secondary N) is 1. The topological polar surface area (TPSA) is 77.5 Å². The van der Waals surface area contributed by atoms with E-state index >= 15 is 0 Å². The highest BCUT2D eigenvalue weighted by atomic mass is 32.1. The summed E-state index contributed by atoms with van der Waals surface area (Å²) in [5, 5.41) is 3.29. The Labute approximate surface area is 173 Å². The molecule has 152 valence electrons. The van der Waals surface area contributed by atoms with Gasteiger partial charge in [0.2, 0.25) is 0 Å². The molecule has 0 saturated carbocycles. The van der Waals surface area contributed by atoms with Crippen molar-refractivity contribution in [2.24, 2.45) is 0 Å². The number of fused-ring (bicyclic) bond motifs is 1. The molecule has 0 atom stereocenters. The van der Waals surface area contributed by atoms with Crippen LogP contribution in [0.4, 0.5) is 5.13 Å². The van der Waals surface area contributed by atoms with Crippen molar-refractivity contribution in [3.8, 4) is 5.75 Å². The molecule has 29 heavy (non-hydrogen) atoms. The van der Waals surface area contributed by atoms with Crippen LogP contribution in [0.1, 0.15) is 54.3 Å². The van der Waals surface area contributed by atoms with E-state index in [0.29, 0.717) is 34.1 Å². The van der Waals surface area contributed by atoms with Crippen LogP contribution in [0.5, 0.6) is 5.75 Å². The van der Waals surface area contributed by atoms with Crippen molar-refractivity contribution in [3.05, 3.63) is 53.6 Å². The Morgan fingerprint density at radius 1 is 1.14 bits per heavy atom. The van der Waals surface area contributed by atoms with E-state index in [9.17, 15) is 9.59 Å². The molecule has 1 N–H and O–H groups in total. The lowest BCUT2D eigenvalue weighted by Gasteiger charge is -2.07. The van der Waals surface area contributed by atoms with Gasteiger partial charge in [0.15, 0.2) is 5.13 Å². The van der Waals surface area contributed by atoms with Crippen molar-refractivity contribution in [3.63, 3.8) is 0 Å². The van der Waals surface area contributed by atoms with Crippen LogP contribution in [-0.4, -0.2) is 29.6 Å². The second kappa shape index (κ2) is 9.52. The maximum Gasteiger partial charge on any atom is 0.338 e. The fourth-order valence-electron chi connectivity index (χ4n) is 2.62. The Hall–Kier alpha value is -2.93. The van der Waals surface area contributed by atoms with E-state index in [-0.39, 0.29) is 18.0 Å². The molecule has 3 aromatic rings. The first-order valence-corrected chi connectivity index (χ1v) is 10.4. The van der Waals surface area contributed by atoms with E-state index in [4.69, 9.17) is 9.47 Å². The van der Waals surface area contributed by atoms with Gasteiger partial charge in [-0.3, -0.25) is 10.1 Å². The fraction of sp³-hybridized carbons (Fsp3) is 0.318. The molecule has 2 aromatic carbocycles. The number of amides is 1. The number of aromatic nitrogens is 1. The van der Waals surface area contributed by atoms with Crippen LogP contribution >= 0.6 is 11.3 Å². The molecule has 0 unspecified atom stereocenters. The number of hydrogen-bond donors (Lipinski definition) is 1. The minimum Gasteiger partial charge on any atom is -0.494 e. The van der Waals surface area contributed by atoms with E-state index in [1.807, 2.05) is 6.07 Å². The lowest BCUT2D eigenvalue weighted by atomic mass is 10.2. The van der Waals surface area contributed by atoms with Gasteiger partial charge in [-0.1, -0.05) is 30.7 Å². The van der Waals surface area contributed by atoms with E-state index < -0.39 is 0 Å². The molecule has 0 aliphatic carbocycles. The third-order valence-electron chi connectivity index (χ3n) is 4.05. The van der Waals surface area contributed by atoms with Crippen LogP contribution in [0.2, 0.25) is 0 Å². The predicted octanol–water partition coefficient (Wildman–Crippen LogP) is 5.29. The lowest BCUT2D eigenvalue weighted by molar-refractivity contribution is 0.0378. The average Bonchev–Trinajstić information content (AvgIpc) is 3.09. The fourth-order valence-corrected chi connectivity index (χ4v) is 3.52. The van der Waals surface area contributed by atoms with Gasteiger partial charge in [0, 0.05) is 5.56 Å². The van der Waals surface area contributed by atoms with E-state index in [0.717, 1.165) is 17.5 Å². The van der Waals surface area contributed by atoms with Gasteiger partial charge in [-0.05, 0) is 56.7 Å². The summed E-state index contributed by atoms with van der Waals surface area (Å²) >= 11 is 1.31. The quantitative estimate of drug-likeness (QED) is 0.402. The number of rotatable bonds is 8. The van der Waals surface area contributed by atoms with Crippen molar-refractivity contribution < 1.29 is 19.1 Å². The van der Waals surface area contributed by atoms with Gasteiger partial charge in [0.25, 0.3) is 5.91 Å². The van der Waals surface area contributed by atoms with Crippen LogP contribution in [0, 0.1) is 0 Å². The molecule has 0 radical (unpaired) electrons. The molecule has 7 heteroatoms. The van der Waals surface area contributed by atoms with Crippen molar-refractivity contribution in [1.82, 2.24) is 4.98 Å². The van der Waals surface area contributed by atoms with Crippen LogP contribution in [0.15, 0.2) is 42.5 Å². The molecule has 0 aliphatic heterocycles. The van der Waals surface area contributed by atoms with Crippen LogP contribution in [0.3, 0.4) is 0 Å². The first-order chi connectivity index (χ1) is 14.0. The Bertz CT molecular complexity index is 1010. The third-order valence-corrected chi connectivity index (χ3v) is 4.98. The van der Waals surface area contributed by atoms with Gasteiger partial charge >= 0.3 is 5.97 Å². The predicted molar refractivity (Wildman–Crippen MR) is 115 cm³/mol. The normalized spacial score (nSPS) is 10.9. The first kappa shape index (κ1) is 20.8. The maximum absolute atomic E-state index is 12.6. The van der Waals surface area contributed by atoms with E-state index in [1.165, 1.54) is 11.3 Å². The Balaban J connectivity index is 1.72. The minimum absolute atomic E-state index is 0.184. The molecule has 1 amide bonds. The number of ether oxygens (including phenoxy) is 2. The van der Waals surface area contributed by atoms with Crippen molar-refractivity contribution in [2.45, 2.75) is 39.7 Å². The lowest BCUT2D eigenvalue weighted by Crippen LogP contribution is -2.11. The molecule has 3 rings (SSSR count). The van der Waals surface area contributed by atoms with Gasteiger partial charge in [0.05, 0.1) is 28.5 Å². The largest absolute Gasteiger partial charge is 0.494 e. The number of carbonyl (C=O) groups excluding carboxylic acids is 2. The van der Waals surface area contributed by atoms with Gasteiger partial charge in [0.1, 0.15) is 5.75 Å². The summed E-state index contributed by atoms with van der Waals surface area (Å²) in [7, 11) is 0. The zero-order valence-electron chi connectivity index (χ0n) is 16.7. The summed E-state index contributed by atoms with van der Waals surface area (Å²) in [4.78, 5) is 29.1. The van der Waals surface area contributed by atoms with Gasteiger partial charge < -0.3 is 9.47 Å². The zero-order valence-corrected chi connectivity index (χ0v) is 17.5. The molecular formula is C22H24N2O4S. The number of unbranched alkanes of at least 4 members (excludes halogenated alkanes) is 1. The van der Waals surface area contributed by atoms with E-state index in [2.05, 4.69) is 17.2 Å². The third kappa shape index (κ3) is 5.54. The molecule has 1 heterocycles. The number of hydrogen-bond acceptors (Lipinski definition) is 6. The number of carbonyl (C=O) groups is 2. The standard InChI is InChI=1S/C22H24N2O4S/c1-4-5-11-27-17-8-6-7-15(12-17)20(25)24-22-23-18-10-9-16(13-19(18)29-22)21(26)28-14(2)3/h6-10,12-14H,4-5,11H2,1-3H3,(H,23,24,25). The number of thiazole rings is 1. The molecule has 1 aromatic heterocycles. The highest BCUT2D eigenvalue weighted by Crippen LogP contribution is 2.28. The number of anilines is 1. The minimum atomic E-state index is -0.374. The summed E-state index contributed by atoms with van der Waals surface area (Å²) in [6, 6.07) is 12.2. The molecule has 0 aliphatic rings. The Kier molecular flexibility index (Phi) is 6.82. The summed E-state index contributed by atoms with van der Waals surface area (Å²) in [6.45, 7) is 6.34. The summed E-state index contributed by atoms with van der Waals surface area (Å²) < 4.78 is 11.7. The van der Waals surface area contributed by atoms with Crippen molar-refractivity contribution in [1.29, 1.82) is 0 Å². The maximum atomic E-state index is 12.6. The first-order valence-electron chi connectivity index (χ1n) is 9.62. The molecule has 0 fully saturated rings. The number of benzene rings is 2. The van der Waals surface area contributed by atoms with Crippen molar-refractivity contribution in [2.75, 3.05) is 11.9 Å². The molecule has 0 saturated heterocycles.